The summed E-state index contributed by atoms with van der Waals surface area (Å²) in [5.74, 6) is 0.0338. The van der Waals surface area contributed by atoms with E-state index in [-0.39, 0.29) is 17.2 Å². The third-order valence-corrected chi connectivity index (χ3v) is 3.58. The number of nitrogens with zero attached hydrogens (tertiary/aromatic N) is 4. The van der Waals surface area contributed by atoms with Gasteiger partial charge in [0.25, 0.3) is 5.91 Å². The van der Waals surface area contributed by atoms with Crippen LogP contribution >= 0.6 is 11.5 Å². The lowest BCUT2D eigenvalue weighted by Gasteiger charge is -2.37. The maximum absolute atomic E-state index is 12.1. The van der Waals surface area contributed by atoms with E-state index in [1.165, 1.54) is 11.5 Å². The van der Waals surface area contributed by atoms with Crippen LogP contribution in [-0.4, -0.2) is 57.4 Å². The molecule has 1 aromatic rings. The summed E-state index contributed by atoms with van der Waals surface area (Å²) in [4.78, 5) is 27.7. The Morgan fingerprint density at radius 3 is 2.21 bits per heavy atom. The van der Waals surface area contributed by atoms with Crippen LogP contribution in [0.25, 0.3) is 0 Å². The van der Waals surface area contributed by atoms with Crippen molar-refractivity contribution < 1.29 is 9.59 Å². The van der Waals surface area contributed by atoms with Gasteiger partial charge in [0.2, 0.25) is 5.91 Å². The number of amides is 2. The third kappa shape index (κ3) is 3.09. The van der Waals surface area contributed by atoms with Crippen molar-refractivity contribution in [3.63, 3.8) is 0 Å². The fourth-order valence-electron chi connectivity index (χ4n) is 2.01. The molecule has 19 heavy (non-hydrogen) atoms. The molecule has 0 unspecified atom stereocenters. The van der Waals surface area contributed by atoms with E-state index in [1.807, 2.05) is 25.7 Å². The van der Waals surface area contributed by atoms with Crippen molar-refractivity contribution in [2.75, 3.05) is 26.2 Å². The quantitative estimate of drug-likeness (QED) is 0.766. The van der Waals surface area contributed by atoms with Gasteiger partial charge < -0.3 is 9.80 Å². The second-order valence-corrected chi connectivity index (χ2v) is 6.23. The number of piperazine rings is 1. The van der Waals surface area contributed by atoms with Gasteiger partial charge >= 0.3 is 0 Å². The van der Waals surface area contributed by atoms with Gasteiger partial charge in [-0.3, -0.25) is 9.59 Å². The minimum atomic E-state index is -0.370. The fourth-order valence-corrected chi connectivity index (χ4v) is 2.44. The van der Waals surface area contributed by atoms with E-state index >= 15 is 0 Å². The molecule has 6 nitrogen and oxygen atoms in total. The van der Waals surface area contributed by atoms with Crippen molar-refractivity contribution in [3.05, 3.63) is 11.1 Å². The van der Waals surface area contributed by atoms with Crippen molar-refractivity contribution in [1.82, 2.24) is 19.4 Å². The summed E-state index contributed by atoms with van der Waals surface area (Å²) >= 11 is 1.17. The molecule has 0 spiro atoms. The Balaban J connectivity index is 1.93. The molecule has 104 valence electrons. The van der Waals surface area contributed by atoms with Gasteiger partial charge in [0.05, 0.1) is 0 Å². The van der Waals surface area contributed by atoms with Crippen LogP contribution in [0.15, 0.2) is 5.38 Å². The molecule has 0 saturated carbocycles. The zero-order chi connectivity index (χ0) is 14.0. The molecule has 1 aromatic heterocycles. The number of hydrogen-bond acceptors (Lipinski definition) is 5. The van der Waals surface area contributed by atoms with Gasteiger partial charge in [-0.25, -0.2) is 0 Å². The van der Waals surface area contributed by atoms with Crippen LogP contribution in [0.1, 0.15) is 31.3 Å². The topological polar surface area (TPSA) is 66.4 Å². The number of rotatable bonds is 1. The highest BCUT2D eigenvalue weighted by Gasteiger charge is 2.31. The zero-order valence-corrected chi connectivity index (χ0v) is 12.2. The molecule has 0 bridgehead atoms. The minimum Gasteiger partial charge on any atom is -0.339 e. The van der Waals surface area contributed by atoms with E-state index in [0.29, 0.717) is 31.9 Å². The molecule has 2 rings (SSSR count). The van der Waals surface area contributed by atoms with Crippen molar-refractivity contribution >= 4 is 23.3 Å². The molecule has 1 fully saturated rings. The highest BCUT2D eigenvalue weighted by atomic mass is 32.1. The Morgan fingerprint density at radius 2 is 1.74 bits per heavy atom. The smallest absolute Gasteiger partial charge is 0.275 e. The number of hydrogen-bond donors (Lipinski definition) is 0. The summed E-state index contributed by atoms with van der Waals surface area (Å²) in [7, 11) is 0. The number of carbonyl (C=O) groups is 2. The van der Waals surface area contributed by atoms with Crippen LogP contribution in [0.2, 0.25) is 0 Å². The monoisotopic (exact) mass is 282 g/mol. The van der Waals surface area contributed by atoms with Crippen LogP contribution in [0.5, 0.6) is 0 Å². The van der Waals surface area contributed by atoms with Gasteiger partial charge in [-0.15, -0.1) is 5.10 Å². The average molecular weight is 282 g/mol. The lowest BCUT2D eigenvalue weighted by molar-refractivity contribution is -0.140. The first kappa shape index (κ1) is 13.9. The van der Waals surface area contributed by atoms with Crippen LogP contribution in [0.3, 0.4) is 0 Å². The lowest BCUT2D eigenvalue weighted by atomic mass is 9.94. The Morgan fingerprint density at radius 1 is 1.16 bits per heavy atom. The standard InChI is InChI=1S/C12H18N4O2S/c1-12(2,3)11(18)16-6-4-15(5-7-16)10(17)9-8-19-14-13-9/h8H,4-7H2,1-3H3. The van der Waals surface area contributed by atoms with Gasteiger partial charge in [0.15, 0.2) is 5.69 Å². The maximum atomic E-state index is 12.1. The molecule has 1 saturated heterocycles. The SMILES string of the molecule is CC(C)(C)C(=O)N1CCN(C(=O)c2csnn2)CC1. The van der Waals surface area contributed by atoms with Crippen LogP contribution in [-0.2, 0) is 4.79 Å². The van der Waals surface area contributed by atoms with Crippen LogP contribution < -0.4 is 0 Å². The summed E-state index contributed by atoms with van der Waals surface area (Å²) in [5, 5.41) is 5.43. The van der Waals surface area contributed by atoms with Crippen molar-refractivity contribution in [1.29, 1.82) is 0 Å². The highest BCUT2D eigenvalue weighted by Crippen LogP contribution is 2.19. The second kappa shape index (κ2) is 5.24. The van der Waals surface area contributed by atoms with E-state index in [0.717, 1.165) is 0 Å². The van der Waals surface area contributed by atoms with E-state index < -0.39 is 0 Å². The minimum absolute atomic E-state index is 0.100. The molecule has 0 radical (unpaired) electrons. The lowest BCUT2D eigenvalue weighted by Crippen LogP contribution is -2.53. The maximum Gasteiger partial charge on any atom is 0.275 e. The largest absolute Gasteiger partial charge is 0.339 e. The van der Waals surface area contributed by atoms with Crippen molar-refractivity contribution in [2.45, 2.75) is 20.8 Å². The molecule has 7 heteroatoms. The highest BCUT2D eigenvalue weighted by molar-refractivity contribution is 7.03. The third-order valence-electron chi connectivity index (χ3n) is 3.07. The summed E-state index contributed by atoms with van der Waals surface area (Å²) in [5.41, 5.74) is 0.0194. The molecule has 0 aliphatic carbocycles. The normalized spacial score (nSPS) is 16.6. The van der Waals surface area contributed by atoms with E-state index in [1.54, 1.807) is 10.3 Å². The molecule has 1 aliphatic heterocycles. The first-order valence-corrected chi connectivity index (χ1v) is 7.09. The molecule has 1 aliphatic rings. The fraction of sp³-hybridized carbons (Fsp3) is 0.667. The van der Waals surface area contributed by atoms with E-state index in [4.69, 9.17) is 0 Å². The Bertz CT molecular complexity index is 459. The molecular formula is C12H18N4O2S. The van der Waals surface area contributed by atoms with Gasteiger partial charge in [-0.2, -0.15) is 0 Å². The average Bonchev–Trinajstić information content (AvgIpc) is 2.90. The first-order valence-electron chi connectivity index (χ1n) is 6.25. The van der Waals surface area contributed by atoms with Gasteiger partial charge in [0.1, 0.15) is 0 Å². The van der Waals surface area contributed by atoms with Crippen molar-refractivity contribution in [2.24, 2.45) is 5.41 Å². The zero-order valence-electron chi connectivity index (χ0n) is 11.4. The Hall–Kier alpha value is -1.50. The van der Waals surface area contributed by atoms with Gasteiger partial charge in [-0.05, 0) is 11.5 Å². The van der Waals surface area contributed by atoms with E-state index in [2.05, 4.69) is 9.59 Å². The predicted molar refractivity (Wildman–Crippen MR) is 71.8 cm³/mol. The summed E-state index contributed by atoms with van der Waals surface area (Å²) < 4.78 is 3.69. The first-order chi connectivity index (χ1) is 8.89. The summed E-state index contributed by atoms with van der Waals surface area (Å²) in [6.07, 6.45) is 0. The van der Waals surface area contributed by atoms with Crippen molar-refractivity contribution in [3.8, 4) is 0 Å². The molecule has 2 heterocycles. The van der Waals surface area contributed by atoms with Crippen LogP contribution in [0, 0.1) is 5.41 Å². The summed E-state index contributed by atoms with van der Waals surface area (Å²) in [6, 6.07) is 0. The molecule has 2 amide bonds. The summed E-state index contributed by atoms with van der Waals surface area (Å²) in [6.45, 7) is 8.00. The number of carbonyl (C=O) groups excluding carboxylic acids is 2. The molecule has 0 atom stereocenters. The Kier molecular flexibility index (Phi) is 3.84. The van der Waals surface area contributed by atoms with Gasteiger partial charge in [-0.1, -0.05) is 25.3 Å². The second-order valence-electron chi connectivity index (χ2n) is 5.62. The van der Waals surface area contributed by atoms with Gasteiger partial charge in [0, 0.05) is 37.0 Å². The van der Waals surface area contributed by atoms with E-state index in [9.17, 15) is 9.59 Å². The predicted octanol–water partition coefficient (Wildman–Crippen LogP) is 0.869. The molecule has 0 N–H and O–H groups in total. The molecule has 0 aromatic carbocycles. The molecular weight excluding hydrogens is 264 g/mol. The number of aromatic nitrogens is 2. The van der Waals surface area contributed by atoms with Crippen LogP contribution in [0.4, 0.5) is 0 Å². The Labute approximate surface area is 116 Å².